The Balaban J connectivity index is -0.00000162. The number of nitrogens with one attached hydrogen (secondary N) is 3. The van der Waals surface area contributed by atoms with Gasteiger partial charge in [-0.05, 0) is 145 Å². The molecule has 0 saturated carbocycles. The fourth-order valence-electron chi connectivity index (χ4n) is 9.55. The van der Waals surface area contributed by atoms with E-state index >= 15 is 0 Å². The minimum atomic E-state index is -0.682. The van der Waals surface area contributed by atoms with Crippen molar-refractivity contribution in [1.82, 2.24) is 49.8 Å². The molecule has 0 amide bonds. The summed E-state index contributed by atoms with van der Waals surface area (Å²) in [5.41, 5.74) is 15.7. The van der Waals surface area contributed by atoms with Crippen LogP contribution in [0.1, 0.15) is 179 Å². The Labute approximate surface area is 884 Å². The van der Waals surface area contributed by atoms with Gasteiger partial charge < -0.3 is 55.8 Å². The van der Waals surface area contributed by atoms with E-state index in [0.717, 1.165) is 41.3 Å². The Morgan fingerprint density at radius 1 is 0.313 bits per heavy atom. The number of benzene rings is 11. The number of aromatic hydroxyl groups is 1. The maximum absolute atomic E-state index is 12.7. The normalized spacial score (nSPS) is 8.80. The molecule has 0 saturated heterocycles. The van der Waals surface area contributed by atoms with Crippen molar-refractivity contribution in [3.63, 3.8) is 0 Å². The number of hydrogen-bond donors (Lipinski definition) is 6. The Hall–Kier alpha value is -16.7. The van der Waals surface area contributed by atoms with E-state index in [1.54, 1.807) is 121 Å². The number of ether oxygens (including phenoxy) is 4. The van der Waals surface area contributed by atoms with Crippen molar-refractivity contribution in [1.29, 1.82) is 0 Å². The van der Waals surface area contributed by atoms with Crippen LogP contribution in [0.4, 0.5) is 63.3 Å². The number of nitrogens with zero attached hydrogens (tertiary/aromatic N) is 13. The topological polar surface area (TPSA) is 447 Å². The van der Waals surface area contributed by atoms with Gasteiger partial charge in [-0.3, -0.25) is 35.1 Å². The Morgan fingerprint density at radius 3 is 0.884 bits per heavy atom. The number of phenolic OH excluding ortho intramolecular Hbond substituents is 1. The van der Waals surface area contributed by atoms with Gasteiger partial charge in [-0.2, -0.15) is 24.9 Å². The van der Waals surface area contributed by atoms with Gasteiger partial charge in [0.15, 0.2) is 5.78 Å². The number of rotatable bonds is 21. The largest absolute Gasteiger partial charge is 0.508 e. The van der Waals surface area contributed by atoms with E-state index in [4.69, 9.17) is 82.2 Å². The molecule has 0 bridgehead atoms. The summed E-state index contributed by atoms with van der Waals surface area (Å²) in [7, 11) is 0. The van der Waals surface area contributed by atoms with Crippen LogP contribution < -0.4 is 46.4 Å². The van der Waals surface area contributed by atoms with Crippen LogP contribution in [0.3, 0.4) is 0 Å². The highest BCUT2D eigenvalue weighted by Crippen LogP contribution is 2.34. The summed E-state index contributed by atoms with van der Waals surface area (Å²) in [6.07, 6.45) is 6.40. The zero-order chi connectivity index (χ0) is 111. The van der Waals surface area contributed by atoms with E-state index in [9.17, 15) is 39.9 Å². The Bertz CT molecular complexity index is 6000. The number of Topliss-reactive ketones (excluding diaryl/α,β-unsaturated/α-hetero) is 1. The van der Waals surface area contributed by atoms with E-state index in [0.29, 0.717) is 74.8 Å². The molecule has 0 aliphatic rings. The predicted octanol–water partition coefficient (Wildman–Crippen LogP) is 33.4. The number of anilines is 8. The number of halogens is 4. The van der Waals surface area contributed by atoms with Crippen LogP contribution in [0.2, 0.25) is 15.7 Å². The number of nitro groups is 3. The molecule has 11 aromatic carbocycles. The van der Waals surface area contributed by atoms with E-state index in [2.05, 4.69) is 70.1 Å². The van der Waals surface area contributed by atoms with Crippen molar-refractivity contribution < 1.29 is 52.7 Å². The molecule has 36 heteroatoms. The molecule has 147 heavy (non-hydrogen) atoms. The zero-order valence-corrected chi connectivity index (χ0v) is 90.1. The third-order valence-electron chi connectivity index (χ3n) is 15.3. The lowest BCUT2D eigenvalue weighted by Crippen LogP contribution is -2.08. The number of carbonyl (C=O) groups excluding carboxylic acids is 2. The Kier molecular flexibility index (Phi) is 80.7. The highest BCUT2D eigenvalue weighted by molar-refractivity contribution is 6.33. The molecule has 782 valence electrons. The third-order valence-corrected chi connectivity index (χ3v) is 16.1. The molecule has 5 heterocycles. The average Bonchev–Trinajstić information content (AvgIpc) is 0.820. The second-order valence-electron chi connectivity index (χ2n) is 24.4. The van der Waals surface area contributed by atoms with Crippen molar-refractivity contribution in [2.45, 2.75) is 159 Å². The minimum absolute atomic E-state index is 0.0177. The number of aromatic nitrogens is 10. The monoisotopic (exact) mass is 2080 g/mol. The van der Waals surface area contributed by atoms with E-state index < -0.39 is 20.7 Å². The van der Waals surface area contributed by atoms with E-state index in [-0.39, 0.29) is 62.7 Å². The first-order valence-electron chi connectivity index (χ1n) is 47.6. The molecular formula is C111H136Cl4N18O14. The number of phenols is 1. The molecule has 0 unspecified atom stereocenters. The number of hydrogen-bond acceptors (Lipinski definition) is 29. The van der Waals surface area contributed by atoms with Gasteiger partial charge in [0, 0.05) is 46.5 Å². The molecule has 0 atom stereocenters. The highest BCUT2D eigenvalue weighted by atomic mass is 35.5. The van der Waals surface area contributed by atoms with Crippen molar-refractivity contribution in [2.75, 3.05) is 27.4 Å². The number of para-hydroxylation sites is 9. The summed E-state index contributed by atoms with van der Waals surface area (Å²) in [4.78, 5) is 92.8. The number of ketones is 1. The lowest BCUT2D eigenvalue weighted by atomic mass is 10.1. The maximum Gasteiger partial charge on any atom is 0.356 e. The lowest BCUT2D eigenvalue weighted by molar-refractivity contribution is -0.386. The van der Waals surface area contributed by atoms with Crippen LogP contribution in [0.5, 0.6) is 52.3 Å². The third kappa shape index (κ3) is 57.9. The van der Waals surface area contributed by atoms with Gasteiger partial charge in [0.05, 0.1) is 26.5 Å². The van der Waals surface area contributed by atoms with Gasteiger partial charge in [0.1, 0.15) is 64.9 Å². The molecule has 0 fully saturated rings. The van der Waals surface area contributed by atoms with Gasteiger partial charge in [-0.1, -0.05) is 376 Å². The number of carbonyl (C=O) groups is 2. The first-order valence-corrected chi connectivity index (χ1v) is 49.0. The smallest absolute Gasteiger partial charge is 0.356 e. The van der Waals surface area contributed by atoms with Gasteiger partial charge in [-0.25, -0.2) is 29.7 Å². The van der Waals surface area contributed by atoms with Gasteiger partial charge in [0.25, 0.3) is 0 Å². The molecule has 5 aromatic heterocycles. The van der Waals surface area contributed by atoms with Gasteiger partial charge in [0.2, 0.25) is 45.3 Å². The summed E-state index contributed by atoms with van der Waals surface area (Å²) < 4.78 is 26.4. The summed E-state index contributed by atoms with van der Waals surface area (Å²) in [5, 5.41) is 49.3. The van der Waals surface area contributed by atoms with Crippen LogP contribution in [-0.4, -0.2) is 81.5 Å². The second-order valence-corrected chi connectivity index (χ2v) is 25.5. The van der Waals surface area contributed by atoms with E-state index in [1.165, 1.54) is 6.20 Å². The van der Waals surface area contributed by atoms with Crippen LogP contribution in [-0.2, 0) is 10.7 Å². The second kappa shape index (κ2) is 88.3. The van der Waals surface area contributed by atoms with Crippen molar-refractivity contribution in [2.24, 2.45) is 0 Å². The standard InChI is InChI=1S/C24H19N3O2.C16H12N4O3.C16H14N4O.C10H6ClN3O3.C7H5ClO2.C6H7N.C6H6O.C4HCl2N3O2.11C2H6/c28-22(18-10-4-1-5-11-18)16-19-17-25-24(26-20-12-6-2-7-13-20)27-23(19)29-21-14-8-3-9-15-21;21-20(22)14-11-17-16(18-12-7-3-1-4-8-12)19-15(14)23-13-9-5-2-6-10-13;17-14-11-18-16(19-12-7-3-1-4-8-12)20-15(14)21-13-9-5-2-6-10-13;11-10-12-6-8(14(15)16)9(13-10)17-7-4-2-1-3-5-7;8-10-7(9)6-4-2-1-3-5-6;2*7-6-4-2-1-3-5-6;5-3-2(9(10)11)1-7-4(6)8-3;11*1-2/h1-15,17H,16H2,(H,25,26,27);1-11H,(H,17,18,19);1-11H,17H2,(H,18,19,20);1-6H;1-5H;1-5H,7H2;1-5,7H;1H;11*1-2H3. The van der Waals surface area contributed by atoms with Crippen LogP contribution in [0.25, 0.3) is 0 Å². The fraction of sp³-hybridized carbons (Fsp3) is 0.207. The minimum Gasteiger partial charge on any atom is -0.508 e. The van der Waals surface area contributed by atoms with Crippen LogP contribution in [0.15, 0.2) is 365 Å². The van der Waals surface area contributed by atoms with Gasteiger partial charge in [-0.15, -0.1) is 0 Å². The molecule has 0 radical (unpaired) electrons. The fourth-order valence-corrected chi connectivity index (χ4v) is 10.1. The summed E-state index contributed by atoms with van der Waals surface area (Å²) >= 11 is 21.0. The summed E-state index contributed by atoms with van der Waals surface area (Å²) in [5.74, 6) is 3.43. The molecular weight excluding hydrogens is 1950 g/mol. The molecule has 8 N–H and O–H groups in total. The van der Waals surface area contributed by atoms with Crippen LogP contribution >= 0.6 is 46.7 Å². The molecule has 0 aliphatic carbocycles. The van der Waals surface area contributed by atoms with Crippen LogP contribution in [0, 0.1) is 30.3 Å². The first kappa shape index (κ1) is 134. The molecule has 16 rings (SSSR count). The number of nitrogen functional groups attached to an aromatic ring is 2. The van der Waals surface area contributed by atoms with Crippen molar-refractivity contribution >= 4 is 122 Å². The van der Waals surface area contributed by atoms with Gasteiger partial charge >= 0.3 is 34.8 Å². The molecule has 16 aromatic rings. The molecule has 0 spiro atoms. The number of nitrogens with two attached hydrogens (primary N) is 2. The zero-order valence-electron chi connectivity index (χ0n) is 87.1. The van der Waals surface area contributed by atoms with E-state index in [1.807, 2.05) is 371 Å². The first-order chi connectivity index (χ1) is 71.7. The summed E-state index contributed by atoms with van der Waals surface area (Å²) in [6.45, 7) is 44.0. The average molecular weight is 2090 g/mol. The maximum atomic E-state index is 12.7. The molecule has 0 aliphatic heterocycles. The highest BCUT2D eigenvalue weighted by Gasteiger charge is 2.23. The lowest BCUT2D eigenvalue weighted by Gasteiger charge is -2.12. The Morgan fingerprint density at radius 2 is 0.571 bits per heavy atom. The predicted molar refractivity (Wildman–Crippen MR) is 601 cm³/mol. The molecule has 32 nitrogen and oxygen atoms in total. The quantitative estimate of drug-likeness (QED) is 0.00971. The van der Waals surface area contributed by atoms with Crippen molar-refractivity contribution in [3.05, 3.63) is 427 Å². The SMILES string of the molecule is CC.CC.CC.CC.CC.CC.CC.CC.CC.CC.CC.Nc1ccccc1.Nc1cnc(Nc2ccccc2)nc1Oc1ccccc1.O=C(Cc1cnc(Nc2ccccc2)nc1Oc1ccccc1)c1ccccc1.O=C(OCl)c1ccccc1.O=[N+]([O-])c1cnc(Cl)nc1Cl.O=[N+]([O-])c1cnc(Cl)nc1Oc1ccccc1.O=[N+]([O-])c1cnc(Nc2ccccc2)nc1Oc1ccccc1.Oc1ccccc1. The van der Waals surface area contributed by atoms with Crippen molar-refractivity contribution in [3.8, 4) is 52.3 Å². The summed E-state index contributed by atoms with van der Waals surface area (Å²) in [6, 6.07) is 101.